The van der Waals surface area contributed by atoms with Gasteiger partial charge < -0.3 is 9.80 Å². The van der Waals surface area contributed by atoms with Crippen LogP contribution in [0, 0.1) is 17.7 Å². The Labute approximate surface area is 168 Å². The van der Waals surface area contributed by atoms with E-state index in [1.54, 1.807) is 6.07 Å². The van der Waals surface area contributed by atoms with Crippen molar-refractivity contribution in [3.8, 4) is 11.8 Å². The summed E-state index contributed by atoms with van der Waals surface area (Å²) in [7, 11) is 0. The lowest BCUT2D eigenvalue weighted by molar-refractivity contribution is 0.139. The Hall–Kier alpha value is -2.06. The molecule has 0 bridgehead atoms. The lowest BCUT2D eigenvalue weighted by Gasteiger charge is -2.50. The Kier molecular flexibility index (Phi) is 5.59. The molecule has 28 heavy (non-hydrogen) atoms. The molecule has 2 fully saturated rings. The van der Waals surface area contributed by atoms with Gasteiger partial charge in [0.05, 0.1) is 6.54 Å². The van der Waals surface area contributed by atoms with E-state index in [4.69, 9.17) is 4.99 Å². The average Bonchev–Trinajstić information content (AvgIpc) is 3.06. The van der Waals surface area contributed by atoms with Crippen LogP contribution in [0.5, 0.6) is 0 Å². The highest BCUT2D eigenvalue weighted by molar-refractivity contribution is 5.97. The fraction of sp³-hybridized carbons (Fsp3) is 0.609. The minimum atomic E-state index is -0.178. The molecule has 2 unspecified atom stereocenters. The van der Waals surface area contributed by atoms with Gasteiger partial charge in [-0.1, -0.05) is 12.0 Å². The number of nitrogens with zero attached hydrogens (tertiary/aromatic N) is 4. The van der Waals surface area contributed by atoms with E-state index in [0.717, 1.165) is 44.7 Å². The number of piperidine rings is 2. The third kappa shape index (κ3) is 3.51. The van der Waals surface area contributed by atoms with Gasteiger partial charge in [-0.05, 0) is 64.2 Å². The molecule has 3 aliphatic rings. The van der Waals surface area contributed by atoms with Crippen molar-refractivity contribution in [2.75, 3.05) is 37.7 Å². The Bertz CT molecular complexity index is 789. The molecule has 0 aromatic heterocycles. The maximum atomic E-state index is 14.0. The first-order valence-corrected chi connectivity index (χ1v) is 10.6. The lowest BCUT2D eigenvalue weighted by atomic mass is 9.80. The van der Waals surface area contributed by atoms with Crippen molar-refractivity contribution in [2.24, 2.45) is 4.99 Å². The van der Waals surface area contributed by atoms with Crippen LogP contribution in [0.4, 0.5) is 10.1 Å². The van der Waals surface area contributed by atoms with E-state index >= 15 is 0 Å². The molecule has 4 nitrogen and oxygen atoms in total. The first-order chi connectivity index (χ1) is 13.6. The van der Waals surface area contributed by atoms with Crippen LogP contribution in [0.2, 0.25) is 0 Å². The summed E-state index contributed by atoms with van der Waals surface area (Å²) in [6, 6.07) is 7.44. The quantitative estimate of drug-likeness (QED) is 0.728. The van der Waals surface area contributed by atoms with Gasteiger partial charge in [0.1, 0.15) is 23.9 Å². The van der Waals surface area contributed by atoms with E-state index in [0.29, 0.717) is 12.7 Å². The summed E-state index contributed by atoms with van der Waals surface area (Å²) in [5.74, 6) is 7.31. The van der Waals surface area contributed by atoms with Crippen molar-refractivity contribution in [1.29, 1.82) is 0 Å². The van der Waals surface area contributed by atoms with Crippen LogP contribution in [0.1, 0.15) is 46.0 Å². The predicted molar refractivity (Wildman–Crippen MR) is 113 cm³/mol. The zero-order valence-corrected chi connectivity index (χ0v) is 17.1. The van der Waals surface area contributed by atoms with E-state index in [1.165, 1.54) is 31.2 Å². The third-order valence-electron chi connectivity index (χ3n) is 6.60. The molecule has 1 aromatic rings. The van der Waals surface area contributed by atoms with Gasteiger partial charge in [0.15, 0.2) is 0 Å². The fourth-order valence-corrected chi connectivity index (χ4v) is 5.15. The molecule has 2 saturated heterocycles. The molecular weight excluding hydrogens is 351 g/mol. The number of halogens is 1. The summed E-state index contributed by atoms with van der Waals surface area (Å²) < 4.78 is 14.0. The summed E-state index contributed by atoms with van der Waals surface area (Å²) in [4.78, 5) is 12.4. The molecule has 1 spiro atoms. The third-order valence-corrected chi connectivity index (χ3v) is 6.60. The SMILES string of the molecule is CC#CCN1CCC2(CC1C)C(N1CCCCC1)=NCN2c1cccc(F)c1. The molecular formula is C23H31FN4. The van der Waals surface area contributed by atoms with Crippen molar-refractivity contribution < 1.29 is 4.39 Å². The number of anilines is 1. The van der Waals surface area contributed by atoms with Gasteiger partial charge in [-0.2, -0.15) is 0 Å². The second kappa shape index (κ2) is 8.13. The minimum Gasteiger partial charge on any atom is -0.358 e. The van der Waals surface area contributed by atoms with Crippen LogP contribution in [-0.4, -0.2) is 60.1 Å². The number of rotatable bonds is 2. The molecule has 3 aliphatic heterocycles. The molecule has 150 valence electrons. The minimum absolute atomic E-state index is 0.138. The second-order valence-electron chi connectivity index (χ2n) is 8.31. The van der Waals surface area contributed by atoms with Crippen LogP contribution in [0.15, 0.2) is 29.3 Å². The zero-order valence-electron chi connectivity index (χ0n) is 17.1. The van der Waals surface area contributed by atoms with Crippen LogP contribution in [0.25, 0.3) is 0 Å². The molecule has 0 radical (unpaired) electrons. The van der Waals surface area contributed by atoms with Gasteiger partial charge in [0.25, 0.3) is 0 Å². The summed E-state index contributed by atoms with van der Waals surface area (Å²) >= 11 is 0. The zero-order chi connectivity index (χ0) is 19.6. The highest BCUT2D eigenvalue weighted by atomic mass is 19.1. The van der Waals surface area contributed by atoms with Crippen LogP contribution < -0.4 is 4.90 Å². The number of aliphatic imine (C=N–C) groups is 1. The van der Waals surface area contributed by atoms with E-state index in [9.17, 15) is 4.39 Å². The Balaban J connectivity index is 1.66. The van der Waals surface area contributed by atoms with E-state index in [1.807, 2.05) is 19.1 Å². The maximum absolute atomic E-state index is 14.0. The molecule has 3 heterocycles. The largest absolute Gasteiger partial charge is 0.358 e. The fourth-order valence-electron chi connectivity index (χ4n) is 5.15. The van der Waals surface area contributed by atoms with Crippen molar-refractivity contribution in [3.05, 3.63) is 30.1 Å². The summed E-state index contributed by atoms with van der Waals surface area (Å²) in [5, 5.41) is 0. The van der Waals surface area contributed by atoms with Gasteiger partial charge in [-0.15, -0.1) is 5.92 Å². The summed E-state index contributed by atoms with van der Waals surface area (Å²) in [6.07, 6.45) is 5.80. The summed E-state index contributed by atoms with van der Waals surface area (Å²) in [5.41, 5.74) is 0.811. The molecule has 0 saturated carbocycles. The Morgan fingerprint density at radius 3 is 2.75 bits per heavy atom. The molecule has 0 N–H and O–H groups in total. The van der Waals surface area contributed by atoms with Gasteiger partial charge >= 0.3 is 0 Å². The summed E-state index contributed by atoms with van der Waals surface area (Å²) in [6.45, 7) is 8.83. The topological polar surface area (TPSA) is 22.1 Å². The monoisotopic (exact) mass is 382 g/mol. The Morgan fingerprint density at radius 2 is 2.04 bits per heavy atom. The van der Waals surface area contributed by atoms with Gasteiger partial charge in [0.2, 0.25) is 0 Å². The second-order valence-corrected chi connectivity index (χ2v) is 8.31. The van der Waals surface area contributed by atoms with Crippen LogP contribution >= 0.6 is 0 Å². The van der Waals surface area contributed by atoms with Crippen LogP contribution in [-0.2, 0) is 0 Å². The van der Waals surface area contributed by atoms with Crippen molar-refractivity contribution >= 4 is 11.5 Å². The number of likely N-dealkylation sites (tertiary alicyclic amines) is 2. The highest BCUT2D eigenvalue weighted by Crippen LogP contribution is 2.41. The van der Waals surface area contributed by atoms with Crippen molar-refractivity contribution in [2.45, 2.75) is 57.5 Å². The van der Waals surface area contributed by atoms with Gasteiger partial charge in [0, 0.05) is 31.4 Å². The number of hydrogen-bond acceptors (Lipinski definition) is 4. The molecule has 4 rings (SSSR count). The van der Waals surface area contributed by atoms with Crippen LogP contribution in [0.3, 0.4) is 0 Å². The van der Waals surface area contributed by atoms with Crippen molar-refractivity contribution in [1.82, 2.24) is 9.80 Å². The standard InChI is InChI=1S/C23H31FN4/c1-3-4-12-26-15-11-23(17-19(26)2)22(27-13-6-5-7-14-27)25-18-28(23)21-10-8-9-20(24)16-21/h8-10,16,19H,5-7,11-15,17-18H2,1-2H3. The van der Waals surface area contributed by atoms with Crippen molar-refractivity contribution in [3.63, 3.8) is 0 Å². The molecule has 5 heteroatoms. The number of hydrogen-bond donors (Lipinski definition) is 0. The number of benzene rings is 1. The maximum Gasteiger partial charge on any atom is 0.127 e. The first kappa shape index (κ1) is 19.3. The average molecular weight is 383 g/mol. The predicted octanol–water partition coefficient (Wildman–Crippen LogP) is 3.73. The molecule has 0 aliphatic carbocycles. The van der Waals surface area contributed by atoms with Gasteiger partial charge in [-0.25, -0.2) is 9.38 Å². The number of amidine groups is 1. The van der Waals surface area contributed by atoms with E-state index < -0.39 is 0 Å². The lowest BCUT2D eigenvalue weighted by Crippen LogP contribution is -2.63. The molecule has 2 atom stereocenters. The first-order valence-electron chi connectivity index (χ1n) is 10.6. The Morgan fingerprint density at radius 1 is 1.21 bits per heavy atom. The molecule has 1 aromatic carbocycles. The van der Waals surface area contributed by atoms with E-state index in [2.05, 4.69) is 33.5 Å². The van der Waals surface area contributed by atoms with Gasteiger partial charge in [-0.3, -0.25) is 4.90 Å². The van der Waals surface area contributed by atoms with E-state index in [-0.39, 0.29) is 11.4 Å². The smallest absolute Gasteiger partial charge is 0.127 e. The highest BCUT2D eigenvalue weighted by Gasteiger charge is 2.51. The normalized spacial score (nSPS) is 28.2. The molecule has 0 amide bonds.